The van der Waals surface area contributed by atoms with Gasteiger partial charge in [0.1, 0.15) is 0 Å². The molecule has 0 N–H and O–H groups in total. The van der Waals surface area contributed by atoms with E-state index in [2.05, 4.69) is 20.5 Å². The largest absolute Gasteiger partial charge is 0.360 e. The molecule has 92 valence electrons. The van der Waals surface area contributed by atoms with E-state index in [4.69, 9.17) is 4.52 Å². The molecule has 1 nitrogen and oxygen atoms in total. The van der Waals surface area contributed by atoms with Gasteiger partial charge in [0, 0.05) is 8.15 Å². The summed E-state index contributed by atoms with van der Waals surface area (Å²) in [6.45, 7) is 7.74. The van der Waals surface area contributed by atoms with Crippen LogP contribution in [0.5, 0.6) is 0 Å². The molecule has 0 aliphatic heterocycles. The van der Waals surface area contributed by atoms with Crippen molar-refractivity contribution in [3.05, 3.63) is 0 Å². The maximum Gasteiger partial charge on any atom is 0.0508 e. The lowest BCUT2D eigenvalue weighted by atomic mass is 10.1. The minimum absolute atomic E-state index is 0.117. The van der Waals surface area contributed by atoms with Gasteiger partial charge in [0.15, 0.2) is 0 Å². The first kappa shape index (κ1) is 15.4. The normalized spacial score (nSPS) is 13.0. The second kappa shape index (κ2) is 12.5. The highest BCUT2D eigenvalue weighted by molar-refractivity contribution is 7.51. The van der Waals surface area contributed by atoms with Crippen LogP contribution in [0.15, 0.2) is 0 Å². The summed E-state index contributed by atoms with van der Waals surface area (Å²) in [7, 11) is -0.117. The maximum absolute atomic E-state index is 5.77. The third-order valence-corrected chi connectivity index (χ3v) is 4.21. The van der Waals surface area contributed by atoms with Gasteiger partial charge in [-0.2, -0.15) is 0 Å². The molecule has 1 atom stereocenters. The van der Waals surface area contributed by atoms with Crippen molar-refractivity contribution >= 4 is 8.15 Å². The van der Waals surface area contributed by atoms with Crippen LogP contribution in [0.1, 0.15) is 65.2 Å². The Morgan fingerprint density at radius 3 is 2.07 bits per heavy atom. The molecule has 0 aliphatic carbocycles. The van der Waals surface area contributed by atoms with Gasteiger partial charge in [-0.05, 0) is 25.7 Å². The van der Waals surface area contributed by atoms with Gasteiger partial charge < -0.3 is 4.52 Å². The fourth-order valence-corrected chi connectivity index (χ4v) is 2.78. The lowest BCUT2D eigenvalue weighted by Crippen LogP contribution is -1.92. The van der Waals surface area contributed by atoms with Crippen molar-refractivity contribution in [2.45, 2.75) is 65.2 Å². The highest BCUT2D eigenvalue weighted by Gasteiger charge is 2.00. The average molecular weight is 232 g/mol. The molecular formula is C13H29OP. The summed E-state index contributed by atoms with van der Waals surface area (Å²) in [5.41, 5.74) is 0. The number of hydrogen-bond donors (Lipinski definition) is 0. The predicted molar refractivity (Wildman–Crippen MR) is 71.9 cm³/mol. The molecule has 0 radical (unpaired) electrons. The zero-order chi connectivity index (χ0) is 11.4. The maximum atomic E-state index is 5.77. The second-order valence-electron chi connectivity index (χ2n) is 4.31. The number of unbranched alkanes of at least 4 members (excludes halogenated alkanes) is 6. The average Bonchev–Trinajstić information content (AvgIpc) is 2.23. The van der Waals surface area contributed by atoms with Gasteiger partial charge in [0.05, 0.1) is 6.61 Å². The SMILES string of the molecule is CCCCCCCCP(C)OCCCC. The van der Waals surface area contributed by atoms with Crippen LogP contribution in [0, 0.1) is 0 Å². The molecule has 0 saturated carbocycles. The smallest absolute Gasteiger partial charge is 0.0508 e. The van der Waals surface area contributed by atoms with Crippen molar-refractivity contribution in [2.75, 3.05) is 19.4 Å². The summed E-state index contributed by atoms with van der Waals surface area (Å²) in [6.07, 6.45) is 12.2. The third-order valence-electron chi connectivity index (χ3n) is 2.64. The first-order chi connectivity index (χ1) is 7.31. The zero-order valence-electron chi connectivity index (χ0n) is 10.9. The fourth-order valence-electron chi connectivity index (χ4n) is 1.54. The van der Waals surface area contributed by atoms with Gasteiger partial charge in [0.2, 0.25) is 0 Å². The Balaban J connectivity index is 3.06. The Morgan fingerprint density at radius 2 is 1.40 bits per heavy atom. The number of rotatable bonds is 11. The Kier molecular flexibility index (Phi) is 12.8. The molecule has 0 saturated heterocycles. The molecule has 2 heteroatoms. The van der Waals surface area contributed by atoms with Crippen LogP contribution in [0.2, 0.25) is 0 Å². The molecule has 0 bridgehead atoms. The number of hydrogen-bond acceptors (Lipinski definition) is 1. The molecule has 0 spiro atoms. The van der Waals surface area contributed by atoms with Crippen molar-refractivity contribution < 1.29 is 4.52 Å². The van der Waals surface area contributed by atoms with Crippen molar-refractivity contribution in [1.29, 1.82) is 0 Å². The van der Waals surface area contributed by atoms with Gasteiger partial charge >= 0.3 is 0 Å². The van der Waals surface area contributed by atoms with E-state index in [1.165, 1.54) is 57.5 Å². The van der Waals surface area contributed by atoms with Crippen molar-refractivity contribution in [3.63, 3.8) is 0 Å². The summed E-state index contributed by atoms with van der Waals surface area (Å²) in [6, 6.07) is 0. The highest BCUT2D eigenvalue weighted by atomic mass is 31.1. The summed E-state index contributed by atoms with van der Waals surface area (Å²) in [4.78, 5) is 0. The minimum Gasteiger partial charge on any atom is -0.360 e. The first-order valence-electron chi connectivity index (χ1n) is 6.65. The fraction of sp³-hybridized carbons (Fsp3) is 1.00. The highest BCUT2D eigenvalue weighted by Crippen LogP contribution is 2.33. The van der Waals surface area contributed by atoms with E-state index in [0.29, 0.717) is 0 Å². The topological polar surface area (TPSA) is 9.23 Å². The van der Waals surface area contributed by atoms with Gasteiger partial charge in [-0.3, -0.25) is 0 Å². The lowest BCUT2D eigenvalue weighted by Gasteiger charge is -2.12. The standard InChI is InChI=1S/C13H29OP/c1-4-6-8-9-10-11-13-15(3)14-12-7-5-2/h4-13H2,1-3H3. The molecule has 0 aliphatic rings. The first-order valence-corrected chi connectivity index (χ1v) is 8.54. The molecule has 0 amide bonds. The van der Waals surface area contributed by atoms with E-state index < -0.39 is 0 Å². The molecule has 0 aromatic rings. The molecule has 1 unspecified atom stereocenters. The van der Waals surface area contributed by atoms with Gasteiger partial charge in [0.25, 0.3) is 0 Å². The van der Waals surface area contributed by atoms with Crippen LogP contribution in [0.3, 0.4) is 0 Å². The van der Waals surface area contributed by atoms with Gasteiger partial charge in [-0.1, -0.05) is 52.4 Å². The van der Waals surface area contributed by atoms with Crippen LogP contribution >= 0.6 is 8.15 Å². The molecule has 0 fully saturated rings. The second-order valence-corrected chi connectivity index (χ2v) is 6.27. The van der Waals surface area contributed by atoms with Crippen molar-refractivity contribution in [1.82, 2.24) is 0 Å². The van der Waals surface area contributed by atoms with Crippen molar-refractivity contribution in [2.24, 2.45) is 0 Å². The van der Waals surface area contributed by atoms with Crippen molar-refractivity contribution in [3.8, 4) is 0 Å². The zero-order valence-corrected chi connectivity index (χ0v) is 11.8. The van der Waals surface area contributed by atoms with Crippen LogP contribution in [-0.2, 0) is 4.52 Å². The third kappa shape index (κ3) is 12.3. The Morgan fingerprint density at radius 1 is 0.800 bits per heavy atom. The summed E-state index contributed by atoms with van der Waals surface area (Å²) >= 11 is 0. The van der Waals surface area contributed by atoms with Crippen LogP contribution in [0.4, 0.5) is 0 Å². The Labute approximate surface area is 97.8 Å². The van der Waals surface area contributed by atoms with E-state index in [-0.39, 0.29) is 8.15 Å². The summed E-state index contributed by atoms with van der Waals surface area (Å²) in [5, 5.41) is 0. The van der Waals surface area contributed by atoms with Crippen LogP contribution < -0.4 is 0 Å². The quantitative estimate of drug-likeness (QED) is 0.352. The molecule has 0 rings (SSSR count). The van der Waals surface area contributed by atoms with E-state index >= 15 is 0 Å². The monoisotopic (exact) mass is 232 g/mol. The Bertz CT molecular complexity index is 117. The van der Waals surface area contributed by atoms with E-state index in [9.17, 15) is 0 Å². The molecular weight excluding hydrogens is 203 g/mol. The van der Waals surface area contributed by atoms with E-state index in [1.54, 1.807) is 0 Å². The van der Waals surface area contributed by atoms with Crippen LogP contribution in [0.25, 0.3) is 0 Å². The van der Waals surface area contributed by atoms with Gasteiger partial charge in [-0.25, -0.2) is 0 Å². The lowest BCUT2D eigenvalue weighted by molar-refractivity contribution is 0.343. The minimum atomic E-state index is -0.117. The summed E-state index contributed by atoms with van der Waals surface area (Å²) in [5.74, 6) is 0. The molecule has 0 heterocycles. The van der Waals surface area contributed by atoms with Crippen LogP contribution in [-0.4, -0.2) is 19.4 Å². The van der Waals surface area contributed by atoms with Gasteiger partial charge in [-0.15, -0.1) is 0 Å². The predicted octanol–water partition coefficient (Wildman–Crippen LogP) is 5.19. The van der Waals surface area contributed by atoms with E-state index in [1.807, 2.05) is 0 Å². The summed E-state index contributed by atoms with van der Waals surface area (Å²) < 4.78 is 5.77. The Hall–Kier alpha value is 0.390. The molecule has 0 aromatic carbocycles. The van der Waals surface area contributed by atoms with E-state index in [0.717, 1.165) is 6.61 Å². The molecule has 0 aromatic heterocycles. The molecule has 15 heavy (non-hydrogen) atoms.